The third-order valence-corrected chi connectivity index (χ3v) is 11.0. The number of anilines is 6. The third-order valence-electron chi connectivity index (χ3n) is 11.0. The van der Waals surface area contributed by atoms with Crippen LogP contribution in [0.2, 0.25) is 0 Å². The molecule has 0 unspecified atom stereocenters. The molecule has 270 valence electrons. The minimum atomic E-state index is 0.621. The number of rotatable bonds is 6. The van der Waals surface area contributed by atoms with E-state index in [1.807, 2.05) is 97.1 Å². The van der Waals surface area contributed by atoms with Gasteiger partial charge in [-0.2, -0.15) is 10.5 Å². The molecular formula is C52H30N4O2. The highest BCUT2D eigenvalue weighted by Gasteiger charge is 2.20. The summed E-state index contributed by atoms with van der Waals surface area (Å²) in [5.74, 6) is 0. The first kappa shape index (κ1) is 33.1. The number of hydrogen-bond acceptors (Lipinski definition) is 6. The number of para-hydroxylation sites is 2. The molecule has 2 aromatic heterocycles. The molecule has 0 N–H and O–H groups in total. The number of fused-ring (bicyclic) bond motifs is 9. The van der Waals surface area contributed by atoms with Gasteiger partial charge in [0.25, 0.3) is 0 Å². The number of benzene rings is 9. The second-order valence-electron chi connectivity index (χ2n) is 14.4. The summed E-state index contributed by atoms with van der Waals surface area (Å²) in [5.41, 5.74) is 10.4. The van der Waals surface area contributed by atoms with E-state index in [-0.39, 0.29) is 0 Å². The lowest BCUT2D eigenvalue weighted by molar-refractivity contribution is 0.663. The molecule has 58 heavy (non-hydrogen) atoms. The van der Waals surface area contributed by atoms with Gasteiger partial charge in [0.15, 0.2) is 0 Å². The normalized spacial score (nSPS) is 11.4. The van der Waals surface area contributed by atoms with Crippen LogP contribution in [0, 0.1) is 22.7 Å². The Morgan fingerprint density at radius 2 is 0.707 bits per heavy atom. The SMILES string of the molecule is N#Cc1ccc(N(c2ccccc2)c2ccc3cc4c(cc3c2)oc2ccc3oc5cc6cc(N(c7ccccc7)c7ccc(C#N)cc7)ccc6cc5c3c24)cc1. The molecule has 11 rings (SSSR count). The van der Waals surface area contributed by atoms with Crippen LogP contribution in [0.3, 0.4) is 0 Å². The van der Waals surface area contributed by atoms with Crippen LogP contribution in [0.4, 0.5) is 34.1 Å². The van der Waals surface area contributed by atoms with Crippen molar-refractivity contribution >= 4 is 99.5 Å². The van der Waals surface area contributed by atoms with Gasteiger partial charge in [-0.1, -0.05) is 48.5 Å². The van der Waals surface area contributed by atoms with Crippen molar-refractivity contribution in [2.45, 2.75) is 0 Å². The van der Waals surface area contributed by atoms with E-state index in [1.165, 1.54) is 0 Å². The van der Waals surface area contributed by atoms with Gasteiger partial charge < -0.3 is 18.6 Å². The molecular weight excluding hydrogens is 713 g/mol. The molecule has 11 aromatic rings. The van der Waals surface area contributed by atoms with E-state index in [0.29, 0.717) is 11.1 Å². The second kappa shape index (κ2) is 13.2. The van der Waals surface area contributed by atoms with Gasteiger partial charge in [-0.25, -0.2) is 0 Å². The summed E-state index contributed by atoms with van der Waals surface area (Å²) >= 11 is 0. The van der Waals surface area contributed by atoms with Crippen LogP contribution in [0.1, 0.15) is 11.1 Å². The van der Waals surface area contributed by atoms with Crippen molar-refractivity contribution in [1.29, 1.82) is 10.5 Å². The lowest BCUT2D eigenvalue weighted by Crippen LogP contribution is -2.09. The number of nitriles is 2. The number of furan rings is 2. The van der Waals surface area contributed by atoms with E-state index < -0.39 is 0 Å². The largest absolute Gasteiger partial charge is 0.456 e. The third kappa shape index (κ3) is 5.40. The maximum Gasteiger partial charge on any atom is 0.136 e. The van der Waals surface area contributed by atoms with Crippen molar-refractivity contribution in [2.24, 2.45) is 0 Å². The van der Waals surface area contributed by atoms with E-state index in [2.05, 4.69) is 107 Å². The van der Waals surface area contributed by atoms with Crippen molar-refractivity contribution in [3.8, 4) is 12.1 Å². The molecule has 6 heteroatoms. The van der Waals surface area contributed by atoms with E-state index in [4.69, 9.17) is 8.83 Å². The highest BCUT2D eigenvalue weighted by atomic mass is 16.3. The van der Waals surface area contributed by atoms with Gasteiger partial charge in [0, 0.05) is 55.7 Å². The zero-order valence-electron chi connectivity index (χ0n) is 30.9. The number of hydrogen-bond donors (Lipinski definition) is 0. The highest BCUT2D eigenvalue weighted by molar-refractivity contribution is 6.27. The standard InChI is InChI=1S/C52H30N4O2/c53-31-33-11-17-41(18-12-33)55(39-7-3-1-4-8-39)43-21-15-35-27-45-49(29-37(35)25-43)57-47-23-24-48-52(51(45)47)46-28-36-16-22-44(26-38(36)30-50(46)58-48)56(40-9-5-2-6-10-40)42-19-13-34(32-54)14-20-42/h1-30H. The molecule has 0 bridgehead atoms. The Bertz CT molecular complexity index is 3230. The smallest absolute Gasteiger partial charge is 0.136 e. The Morgan fingerprint density at radius 3 is 1.10 bits per heavy atom. The highest BCUT2D eigenvalue weighted by Crippen LogP contribution is 2.44. The quantitative estimate of drug-likeness (QED) is 0.169. The van der Waals surface area contributed by atoms with Crippen LogP contribution in [-0.2, 0) is 0 Å². The van der Waals surface area contributed by atoms with Crippen LogP contribution in [0.15, 0.2) is 191 Å². The Kier molecular flexibility index (Phi) is 7.50. The van der Waals surface area contributed by atoms with Crippen LogP contribution < -0.4 is 9.80 Å². The van der Waals surface area contributed by atoms with Gasteiger partial charge in [-0.15, -0.1) is 0 Å². The summed E-state index contributed by atoms with van der Waals surface area (Å²) in [6, 6.07) is 66.0. The average molecular weight is 743 g/mol. The average Bonchev–Trinajstić information content (AvgIpc) is 3.83. The van der Waals surface area contributed by atoms with Crippen molar-refractivity contribution in [1.82, 2.24) is 0 Å². The second-order valence-corrected chi connectivity index (χ2v) is 14.4. The van der Waals surface area contributed by atoms with Crippen LogP contribution in [0.25, 0.3) is 65.4 Å². The molecule has 2 heterocycles. The fourth-order valence-corrected chi connectivity index (χ4v) is 8.29. The summed E-state index contributed by atoms with van der Waals surface area (Å²) in [5, 5.41) is 27.3. The Morgan fingerprint density at radius 1 is 0.328 bits per heavy atom. The molecule has 0 radical (unpaired) electrons. The maximum atomic E-state index is 9.42. The molecule has 0 aliphatic heterocycles. The van der Waals surface area contributed by atoms with Gasteiger partial charge in [0.2, 0.25) is 0 Å². The molecule has 6 nitrogen and oxygen atoms in total. The van der Waals surface area contributed by atoms with Crippen molar-refractivity contribution < 1.29 is 8.83 Å². The van der Waals surface area contributed by atoms with Gasteiger partial charge in [-0.3, -0.25) is 0 Å². The minimum absolute atomic E-state index is 0.621. The molecule has 0 spiro atoms. The van der Waals surface area contributed by atoms with Gasteiger partial charge in [-0.05, 0) is 155 Å². The van der Waals surface area contributed by atoms with Gasteiger partial charge >= 0.3 is 0 Å². The topological polar surface area (TPSA) is 80.3 Å². The van der Waals surface area contributed by atoms with E-state index in [0.717, 1.165) is 99.5 Å². The van der Waals surface area contributed by atoms with Crippen LogP contribution in [0.5, 0.6) is 0 Å². The van der Waals surface area contributed by atoms with Gasteiger partial charge in [0.1, 0.15) is 22.3 Å². The Labute approximate surface area is 332 Å². The molecule has 0 amide bonds. The monoisotopic (exact) mass is 742 g/mol. The molecule has 0 aliphatic rings. The fourth-order valence-electron chi connectivity index (χ4n) is 8.29. The molecule has 0 atom stereocenters. The predicted octanol–water partition coefficient (Wildman–Crippen LogP) is 14.5. The maximum absolute atomic E-state index is 9.42. The molecule has 9 aromatic carbocycles. The molecule has 0 aliphatic carbocycles. The zero-order valence-corrected chi connectivity index (χ0v) is 30.9. The molecule has 0 saturated heterocycles. The van der Waals surface area contributed by atoms with Crippen molar-refractivity contribution in [2.75, 3.05) is 9.80 Å². The Balaban J connectivity index is 1.04. The zero-order chi connectivity index (χ0) is 38.7. The first-order chi connectivity index (χ1) is 28.6. The van der Waals surface area contributed by atoms with E-state index >= 15 is 0 Å². The lowest BCUT2D eigenvalue weighted by atomic mass is 10.0. The summed E-state index contributed by atoms with van der Waals surface area (Å²) in [6.07, 6.45) is 0. The van der Waals surface area contributed by atoms with Crippen molar-refractivity contribution in [3.05, 3.63) is 193 Å². The number of nitrogens with zero attached hydrogens (tertiary/aromatic N) is 4. The first-order valence-corrected chi connectivity index (χ1v) is 19.0. The first-order valence-electron chi connectivity index (χ1n) is 19.0. The fraction of sp³-hybridized carbons (Fsp3) is 0. The summed E-state index contributed by atoms with van der Waals surface area (Å²) in [6.45, 7) is 0. The summed E-state index contributed by atoms with van der Waals surface area (Å²) in [4.78, 5) is 4.40. The van der Waals surface area contributed by atoms with E-state index in [1.54, 1.807) is 0 Å². The van der Waals surface area contributed by atoms with Gasteiger partial charge in [0.05, 0.1) is 23.3 Å². The van der Waals surface area contributed by atoms with Crippen LogP contribution >= 0.6 is 0 Å². The molecule has 0 fully saturated rings. The lowest BCUT2D eigenvalue weighted by Gasteiger charge is -2.25. The predicted molar refractivity (Wildman–Crippen MR) is 235 cm³/mol. The minimum Gasteiger partial charge on any atom is -0.456 e. The van der Waals surface area contributed by atoms with Crippen molar-refractivity contribution in [3.63, 3.8) is 0 Å². The Hall–Kier alpha value is -8.32. The van der Waals surface area contributed by atoms with Crippen LogP contribution in [-0.4, -0.2) is 0 Å². The van der Waals surface area contributed by atoms with E-state index in [9.17, 15) is 10.5 Å². The molecule has 0 saturated carbocycles. The summed E-state index contributed by atoms with van der Waals surface area (Å²) < 4.78 is 13.2. The summed E-state index contributed by atoms with van der Waals surface area (Å²) in [7, 11) is 0.